The molecule has 10 N–H and O–H groups in total. The molecule has 1 saturated carbocycles. The number of imidazole rings is 1. The third kappa shape index (κ3) is 17.3. The molecular weight excluding hydrogens is 1120 g/mol. The van der Waals surface area contributed by atoms with E-state index in [4.69, 9.17) is 21.2 Å². The first-order valence-corrected chi connectivity index (χ1v) is 33.0. The zero-order valence-electron chi connectivity index (χ0n) is 52.4. The lowest BCUT2D eigenvalue weighted by Crippen LogP contribution is -2.57. The lowest BCUT2D eigenvalue weighted by atomic mass is 9.58. The average Bonchev–Trinajstić information content (AvgIpc) is 1.67. The van der Waals surface area contributed by atoms with Crippen LogP contribution in [-0.2, 0) is 53.1 Å². The van der Waals surface area contributed by atoms with Crippen molar-refractivity contribution in [2.45, 2.75) is 213 Å². The van der Waals surface area contributed by atoms with Crippen molar-refractivity contribution in [2.75, 3.05) is 36.4 Å². The fourth-order valence-corrected chi connectivity index (χ4v) is 14.1. The van der Waals surface area contributed by atoms with E-state index in [1.165, 1.54) is 35.9 Å². The van der Waals surface area contributed by atoms with Gasteiger partial charge in [0.25, 0.3) is 0 Å². The van der Waals surface area contributed by atoms with Crippen LogP contribution in [0, 0.1) is 23.2 Å². The maximum absolute atomic E-state index is 14.3. The summed E-state index contributed by atoms with van der Waals surface area (Å²) in [6.45, 7) is 16.1. The topological polar surface area (TPSA) is 304 Å². The standard InChI is InChI=1S/C65H96N12O9S/c1-8-9-28-51-73-55-56(46-25-17-18-26-47(46)71-58(55)66)76(51)36-21-19-34-69-63(85)86-39-44-30-32-45(33-31-44)70-59(81)48(27-22-35-68-62(67)84)72-60(82)54(41(2)3)74-52(78)29-16-13-20-37-77-53(79)38-50(61(77)83)87-40-49-57(80)64(6)42(4)23-14-11-10-12-15-24-43(5)65(64,7)75-49/h17-18,25-26,30-33,41-43,48-50,54,75H,8-16,19-24,27-29,34-40H2,1-7H3,(H2,66,71)(H,69,85)(H,70,81)(H,72,82)(H,74,78)(H3,67,68,84). The minimum atomic E-state index is -1.05. The largest absolute Gasteiger partial charge is 0.445 e. The molecular formula is C65H96N12O9S. The monoisotopic (exact) mass is 1220 g/mol. The summed E-state index contributed by atoms with van der Waals surface area (Å²) in [5.41, 5.74) is 14.3. The van der Waals surface area contributed by atoms with Gasteiger partial charge in [-0.05, 0) is 106 Å². The van der Waals surface area contributed by atoms with Crippen molar-refractivity contribution in [3.63, 3.8) is 0 Å². The Morgan fingerprint density at radius 2 is 1.52 bits per heavy atom. The van der Waals surface area contributed by atoms with Crippen LogP contribution in [0.2, 0.25) is 0 Å². The van der Waals surface area contributed by atoms with Gasteiger partial charge in [0, 0.05) is 73.2 Å². The highest BCUT2D eigenvalue weighted by Crippen LogP contribution is 2.52. The third-order valence-corrected chi connectivity index (χ3v) is 19.9. The number of nitrogens with two attached hydrogens (primary N) is 2. The first kappa shape index (κ1) is 67.7. The number of amides is 8. The predicted octanol–water partition coefficient (Wildman–Crippen LogP) is 8.97. The van der Waals surface area contributed by atoms with Gasteiger partial charge in [0.1, 0.15) is 30.0 Å². The molecule has 0 spiro atoms. The van der Waals surface area contributed by atoms with Crippen LogP contribution in [0.15, 0.2) is 48.5 Å². The number of nitrogen functional groups attached to an aromatic ring is 1. The number of ketones is 1. The number of likely N-dealkylation sites (tertiary alicyclic amines) is 1. The molecule has 22 heteroatoms. The average molecular weight is 1220 g/mol. The van der Waals surface area contributed by atoms with E-state index >= 15 is 0 Å². The lowest BCUT2D eigenvalue weighted by molar-refractivity contribution is -0.138. The van der Waals surface area contributed by atoms with Crippen molar-refractivity contribution >= 4 is 92.6 Å². The number of benzene rings is 2. The van der Waals surface area contributed by atoms with Gasteiger partial charge < -0.3 is 52.7 Å². The van der Waals surface area contributed by atoms with E-state index in [0.29, 0.717) is 79.4 Å². The Balaban J connectivity index is 0.824. The molecule has 0 radical (unpaired) electrons. The molecule has 21 nitrogen and oxygen atoms in total. The molecule has 8 atom stereocenters. The Kier molecular flexibility index (Phi) is 24.8. The van der Waals surface area contributed by atoms with Crippen molar-refractivity contribution in [3.05, 3.63) is 59.9 Å². The molecule has 7 rings (SSSR count). The molecule has 3 aliphatic rings. The van der Waals surface area contributed by atoms with Gasteiger partial charge in [-0.1, -0.05) is 117 Å². The summed E-state index contributed by atoms with van der Waals surface area (Å²) in [6, 6.07) is 11.5. The van der Waals surface area contributed by atoms with Crippen molar-refractivity contribution in [3.8, 4) is 0 Å². The number of nitrogens with one attached hydrogen (secondary N) is 6. The molecule has 4 heterocycles. The first-order valence-electron chi connectivity index (χ1n) is 31.9. The number of anilines is 2. The molecule has 3 fully saturated rings. The number of aromatic nitrogens is 3. The van der Waals surface area contributed by atoms with E-state index in [1.807, 2.05) is 24.3 Å². The molecule has 8 unspecified atom stereocenters. The van der Waals surface area contributed by atoms with Gasteiger partial charge in [-0.2, -0.15) is 0 Å². The number of primary amides is 1. The van der Waals surface area contributed by atoms with Gasteiger partial charge in [0.15, 0.2) is 11.6 Å². The zero-order chi connectivity index (χ0) is 62.8. The molecule has 4 aromatic rings. The summed E-state index contributed by atoms with van der Waals surface area (Å²) in [5, 5.41) is 18.1. The number of hydrogen-bond acceptors (Lipinski definition) is 14. The van der Waals surface area contributed by atoms with Gasteiger partial charge >= 0.3 is 12.1 Å². The number of carbonyl (C=O) groups is 8. The molecule has 2 aromatic heterocycles. The maximum Gasteiger partial charge on any atom is 0.407 e. The van der Waals surface area contributed by atoms with Crippen LogP contribution in [0.4, 0.5) is 21.1 Å². The quantitative estimate of drug-likeness (QED) is 0.0186. The fourth-order valence-electron chi connectivity index (χ4n) is 12.9. The molecule has 8 amide bonds. The summed E-state index contributed by atoms with van der Waals surface area (Å²) in [7, 11) is 0. The second kappa shape index (κ2) is 31.9. The number of urea groups is 1. The van der Waals surface area contributed by atoms with E-state index in [2.05, 4.69) is 76.1 Å². The summed E-state index contributed by atoms with van der Waals surface area (Å²) >= 11 is 1.40. The van der Waals surface area contributed by atoms with Crippen molar-refractivity contribution < 1.29 is 43.1 Å². The van der Waals surface area contributed by atoms with Crippen molar-refractivity contribution in [2.24, 2.45) is 28.9 Å². The van der Waals surface area contributed by atoms with Crippen LogP contribution >= 0.6 is 11.8 Å². The summed E-state index contributed by atoms with van der Waals surface area (Å²) in [4.78, 5) is 117. The Bertz CT molecular complexity index is 3050. The minimum absolute atomic E-state index is 0.0126. The van der Waals surface area contributed by atoms with Crippen LogP contribution < -0.4 is 43.4 Å². The number of Topliss-reactive ketones (excluding diaryl/α,β-unsaturated/α-hetero) is 1. The number of carbonyl (C=O) groups excluding carboxylic acids is 8. The van der Waals surface area contributed by atoms with Crippen molar-refractivity contribution in [1.29, 1.82) is 0 Å². The SMILES string of the molecule is CCCCc1nc2c(N)nc3ccccc3c2n1CCCCNC(=O)OCc1ccc(NC(=O)C(CCCNC(N)=O)NC(=O)C(NC(=O)CCCCCN2C(=O)CC(SCC3NC4(C)C(C)CCCCCCCC(C)C4(C)C3=O)C2=O)C(C)C)cc1. The minimum Gasteiger partial charge on any atom is -0.445 e. The van der Waals surface area contributed by atoms with Crippen LogP contribution in [0.3, 0.4) is 0 Å². The van der Waals surface area contributed by atoms with Gasteiger partial charge in [-0.25, -0.2) is 19.6 Å². The number of alkyl carbamates (subject to hydrolysis) is 1. The van der Waals surface area contributed by atoms with Gasteiger partial charge in [0.05, 0.1) is 22.3 Å². The number of nitrogens with zero attached hydrogens (tertiary/aromatic N) is 4. The summed E-state index contributed by atoms with van der Waals surface area (Å²) in [6.07, 6.45) is 13.9. The Morgan fingerprint density at radius 3 is 2.24 bits per heavy atom. The maximum atomic E-state index is 14.3. The highest BCUT2D eigenvalue weighted by molar-refractivity contribution is 8.00. The Hall–Kier alpha value is -6.81. The number of pyridine rings is 1. The number of hydrogen-bond donors (Lipinski definition) is 8. The number of rotatable bonds is 29. The van der Waals surface area contributed by atoms with E-state index in [0.717, 1.165) is 73.6 Å². The second-order valence-electron chi connectivity index (χ2n) is 25.0. The van der Waals surface area contributed by atoms with E-state index in [9.17, 15) is 38.4 Å². The van der Waals surface area contributed by atoms with E-state index in [-0.39, 0.29) is 79.8 Å². The number of thioether (sulfide) groups is 1. The zero-order valence-corrected chi connectivity index (χ0v) is 53.2. The number of para-hydroxylation sites is 1. The van der Waals surface area contributed by atoms with Crippen molar-refractivity contribution in [1.82, 2.24) is 46.0 Å². The summed E-state index contributed by atoms with van der Waals surface area (Å²) in [5.74, 6) is 0.292. The highest BCUT2D eigenvalue weighted by Gasteiger charge is 2.62. The molecule has 87 heavy (non-hydrogen) atoms. The smallest absolute Gasteiger partial charge is 0.407 e. The van der Waals surface area contributed by atoms with Crippen LogP contribution in [0.25, 0.3) is 21.9 Å². The van der Waals surface area contributed by atoms with Crippen LogP contribution in [0.5, 0.6) is 0 Å². The second-order valence-corrected chi connectivity index (χ2v) is 26.2. The number of ether oxygens (including phenoxy) is 1. The molecule has 0 bridgehead atoms. The van der Waals surface area contributed by atoms with Crippen LogP contribution in [0.1, 0.15) is 175 Å². The third-order valence-electron chi connectivity index (χ3n) is 18.6. The highest BCUT2D eigenvalue weighted by atomic mass is 32.2. The number of aryl methyl sites for hydroxylation is 2. The predicted molar refractivity (Wildman–Crippen MR) is 341 cm³/mol. The van der Waals surface area contributed by atoms with Gasteiger partial charge in [-0.3, -0.25) is 33.7 Å². The first-order chi connectivity index (χ1) is 41.7. The van der Waals surface area contributed by atoms with Crippen LogP contribution in [-0.4, -0.2) is 121 Å². The summed E-state index contributed by atoms with van der Waals surface area (Å²) < 4.78 is 7.73. The van der Waals surface area contributed by atoms with Gasteiger partial charge in [0.2, 0.25) is 29.5 Å². The molecule has 2 saturated heterocycles. The number of unbranched alkanes of at least 4 members (excludes halogenated alkanes) is 4. The molecule has 2 aromatic carbocycles. The molecule has 1 aliphatic carbocycles. The molecule has 2 aliphatic heterocycles. The van der Waals surface area contributed by atoms with E-state index in [1.54, 1.807) is 38.1 Å². The normalized spacial score (nSPS) is 22.4. The molecule has 476 valence electrons. The van der Waals surface area contributed by atoms with Gasteiger partial charge in [-0.15, -0.1) is 11.8 Å². The fraction of sp³-hybridized carbons (Fsp3) is 0.631. The Labute approximate surface area is 517 Å². The Morgan fingerprint density at radius 1 is 0.816 bits per heavy atom. The van der Waals surface area contributed by atoms with E-state index < -0.39 is 52.7 Å². The number of imide groups is 1. The lowest BCUT2D eigenvalue weighted by Gasteiger charge is -2.47. The number of fused-ring (bicyclic) bond motifs is 4.